The summed E-state index contributed by atoms with van der Waals surface area (Å²) in [6.45, 7) is 5.32. The van der Waals surface area contributed by atoms with Crippen molar-refractivity contribution in [1.29, 1.82) is 0 Å². The minimum atomic E-state index is -0.195. The van der Waals surface area contributed by atoms with Gasteiger partial charge in [-0.05, 0) is 60.8 Å². The van der Waals surface area contributed by atoms with E-state index in [4.69, 9.17) is 23.2 Å². The van der Waals surface area contributed by atoms with Gasteiger partial charge in [-0.2, -0.15) is 5.10 Å². The van der Waals surface area contributed by atoms with Crippen LogP contribution in [0.5, 0.6) is 0 Å². The molecular weight excluding hydrogens is 435 g/mol. The highest BCUT2D eigenvalue weighted by Crippen LogP contribution is 2.47. The molecule has 1 aromatic carbocycles. The fourth-order valence-corrected chi connectivity index (χ4v) is 5.64. The Morgan fingerprint density at radius 1 is 1.26 bits per heavy atom. The van der Waals surface area contributed by atoms with Gasteiger partial charge in [0.2, 0.25) is 5.91 Å². The van der Waals surface area contributed by atoms with Gasteiger partial charge in [-0.3, -0.25) is 14.7 Å². The number of H-pyrrole nitrogens is 1. The van der Waals surface area contributed by atoms with Crippen molar-refractivity contribution in [1.82, 2.24) is 20.8 Å². The highest BCUT2D eigenvalue weighted by atomic mass is 35.5. The SMILES string of the molecule is CC(C)CNC(=O)c1cc(Cl)c(C(C2CCc3n[nH]cc3C2)C2CCNC2=O)c(Cl)c1. The van der Waals surface area contributed by atoms with E-state index in [0.717, 1.165) is 36.9 Å². The molecule has 0 saturated carbocycles. The number of hydrogen-bond donors (Lipinski definition) is 3. The van der Waals surface area contributed by atoms with Crippen LogP contribution in [0.3, 0.4) is 0 Å². The lowest BCUT2D eigenvalue weighted by molar-refractivity contribution is -0.123. The van der Waals surface area contributed by atoms with Gasteiger partial charge in [0.1, 0.15) is 0 Å². The van der Waals surface area contributed by atoms with Crippen LogP contribution in [-0.2, 0) is 17.6 Å². The standard InChI is InChI=1S/C23H28Cl2N4O2/c1-12(2)10-27-22(30)14-8-17(24)21(18(25)9-14)20(16-5-6-26-23(16)31)13-3-4-19-15(7-13)11-28-29-19/h8-9,11-13,16,20H,3-7,10H2,1-2H3,(H,26,31)(H,27,30)(H,28,29). The van der Waals surface area contributed by atoms with Crippen molar-refractivity contribution in [3.8, 4) is 0 Å². The summed E-state index contributed by atoms with van der Waals surface area (Å²) in [6.07, 6.45) is 5.29. The average Bonchev–Trinajstić information content (AvgIpc) is 3.36. The predicted molar refractivity (Wildman–Crippen MR) is 122 cm³/mol. The zero-order valence-corrected chi connectivity index (χ0v) is 19.3. The lowest BCUT2D eigenvalue weighted by Gasteiger charge is -2.34. The van der Waals surface area contributed by atoms with Crippen molar-refractivity contribution in [2.24, 2.45) is 17.8 Å². The maximum absolute atomic E-state index is 12.7. The lowest BCUT2D eigenvalue weighted by atomic mass is 9.70. The molecule has 1 saturated heterocycles. The van der Waals surface area contributed by atoms with Gasteiger partial charge in [-0.1, -0.05) is 37.0 Å². The summed E-state index contributed by atoms with van der Waals surface area (Å²) < 4.78 is 0. The molecule has 1 aromatic heterocycles. The van der Waals surface area contributed by atoms with E-state index in [-0.39, 0.29) is 29.6 Å². The van der Waals surface area contributed by atoms with Crippen molar-refractivity contribution < 1.29 is 9.59 Å². The number of hydrogen-bond acceptors (Lipinski definition) is 3. The lowest BCUT2D eigenvalue weighted by Crippen LogP contribution is -2.32. The molecule has 0 bridgehead atoms. The van der Waals surface area contributed by atoms with Crippen molar-refractivity contribution in [3.63, 3.8) is 0 Å². The normalized spacial score (nSPS) is 21.6. The second-order valence-corrected chi connectivity index (χ2v) is 9.84. The number of benzene rings is 1. The number of rotatable bonds is 6. The minimum absolute atomic E-state index is 0.0499. The third kappa shape index (κ3) is 4.60. The van der Waals surface area contributed by atoms with E-state index < -0.39 is 0 Å². The van der Waals surface area contributed by atoms with Gasteiger partial charge in [-0.15, -0.1) is 0 Å². The molecule has 0 radical (unpaired) electrons. The van der Waals surface area contributed by atoms with Crippen LogP contribution in [0, 0.1) is 17.8 Å². The Hall–Kier alpha value is -2.05. The Bertz CT molecular complexity index is 965. The van der Waals surface area contributed by atoms with E-state index >= 15 is 0 Å². The smallest absolute Gasteiger partial charge is 0.251 e. The molecule has 2 amide bonds. The van der Waals surface area contributed by atoms with Crippen LogP contribution < -0.4 is 10.6 Å². The zero-order chi connectivity index (χ0) is 22.1. The highest BCUT2D eigenvalue weighted by molar-refractivity contribution is 6.36. The highest BCUT2D eigenvalue weighted by Gasteiger charge is 2.41. The van der Waals surface area contributed by atoms with Crippen LogP contribution in [-0.4, -0.2) is 35.1 Å². The van der Waals surface area contributed by atoms with Crippen molar-refractivity contribution in [2.75, 3.05) is 13.1 Å². The van der Waals surface area contributed by atoms with Gasteiger partial charge in [0.25, 0.3) is 5.91 Å². The zero-order valence-electron chi connectivity index (χ0n) is 17.8. The summed E-state index contributed by atoms with van der Waals surface area (Å²) in [5.41, 5.74) is 3.51. The summed E-state index contributed by atoms with van der Waals surface area (Å²) in [6, 6.07) is 3.37. The number of carbonyl (C=O) groups excluding carboxylic acids is 2. The number of aromatic amines is 1. The Kier molecular flexibility index (Phi) is 6.58. The first-order valence-corrected chi connectivity index (χ1v) is 11.7. The van der Waals surface area contributed by atoms with Crippen LogP contribution in [0.25, 0.3) is 0 Å². The first kappa shape index (κ1) is 22.2. The van der Waals surface area contributed by atoms with E-state index in [1.807, 2.05) is 20.0 Å². The summed E-state index contributed by atoms with van der Waals surface area (Å²) in [5.74, 6) is 0.120. The van der Waals surface area contributed by atoms with E-state index in [2.05, 4.69) is 20.8 Å². The Morgan fingerprint density at radius 2 is 2.00 bits per heavy atom. The Morgan fingerprint density at radius 3 is 2.65 bits per heavy atom. The van der Waals surface area contributed by atoms with Crippen LogP contribution in [0.15, 0.2) is 18.3 Å². The molecule has 1 aliphatic carbocycles. The fraction of sp³-hybridized carbons (Fsp3) is 0.522. The number of halogens is 2. The number of nitrogens with one attached hydrogen (secondary N) is 3. The molecule has 3 N–H and O–H groups in total. The molecule has 8 heteroatoms. The summed E-state index contributed by atoms with van der Waals surface area (Å²) in [4.78, 5) is 25.2. The first-order chi connectivity index (χ1) is 14.8. The van der Waals surface area contributed by atoms with Crippen molar-refractivity contribution in [3.05, 3.63) is 50.8 Å². The van der Waals surface area contributed by atoms with Crippen LogP contribution in [0.4, 0.5) is 0 Å². The van der Waals surface area contributed by atoms with Crippen molar-refractivity contribution >= 4 is 35.0 Å². The largest absolute Gasteiger partial charge is 0.356 e. The molecule has 2 aliphatic rings. The number of nitrogens with zero attached hydrogens (tertiary/aromatic N) is 1. The predicted octanol–water partition coefficient (Wildman–Crippen LogP) is 4.13. The molecule has 0 spiro atoms. The summed E-state index contributed by atoms with van der Waals surface area (Å²) in [7, 11) is 0. The third-order valence-corrected chi connectivity index (χ3v) is 7.05. The van der Waals surface area contributed by atoms with Gasteiger partial charge in [0, 0.05) is 46.7 Å². The maximum Gasteiger partial charge on any atom is 0.251 e. The number of carbonyl (C=O) groups is 2. The molecule has 4 rings (SSSR count). The molecule has 3 atom stereocenters. The maximum atomic E-state index is 12.7. The molecular formula is C23H28Cl2N4O2. The fourth-order valence-electron chi connectivity index (χ4n) is 4.90. The number of fused-ring (bicyclic) bond motifs is 1. The van der Waals surface area contributed by atoms with E-state index in [0.29, 0.717) is 34.6 Å². The minimum Gasteiger partial charge on any atom is -0.356 e. The van der Waals surface area contributed by atoms with Gasteiger partial charge >= 0.3 is 0 Å². The molecule has 2 aromatic rings. The summed E-state index contributed by atoms with van der Waals surface area (Å²) >= 11 is 13.5. The average molecular weight is 463 g/mol. The van der Waals surface area contributed by atoms with Crippen LogP contribution in [0.1, 0.15) is 59.8 Å². The molecule has 6 nitrogen and oxygen atoms in total. The number of aryl methyl sites for hydroxylation is 1. The second-order valence-electron chi connectivity index (χ2n) is 9.03. The second kappa shape index (κ2) is 9.21. The summed E-state index contributed by atoms with van der Waals surface area (Å²) in [5, 5.41) is 14.0. The molecule has 31 heavy (non-hydrogen) atoms. The monoisotopic (exact) mass is 462 g/mol. The molecule has 3 unspecified atom stereocenters. The van der Waals surface area contributed by atoms with Gasteiger partial charge in [-0.25, -0.2) is 0 Å². The topological polar surface area (TPSA) is 86.9 Å². The van der Waals surface area contributed by atoms with Crippen molar-refractivity contribution in [2.45, 2.75) is 45.4 Å². The molecule has 2 heterocycles. The van der Waals surface area contributed by atoms with Gasteiger partial charge in [0.05, 0.1) is 5.69 Å². The number of aromatic nitrogens is 2. The van der Waals surface area contributed by atoms with Gasteiger partial charge in [0.15, 0.2) is 0 Å². The Balaban J connectivity index is 1.68. The molecule has 1 fully saturated rings. The first-order valence-electron chi connectivity index (χ1n) is 10.9. The van der Waals surface area contributed by atoms with Crippen LogP contribution in [0.2, 0.25) is 10.0 Å². The molecule has 166 valence electrons. The third-order valence-electron chi connectivity index (χ3n) is 6.42. The van der Waals surface area contributed by atoms with Crippen LogP contribution >= 0.6 is 23.2 Å². The number of amides is 2. The van der Waals surface area contributed by atoms with E-state index in [9.17, 15) is 9.59 Å². The van der Waals surface area contributed by atoms with E-state index in [1.54, 1.807) is 12.1 Å². The Labute approximate surface area is 192 Å². The molecule has 1 aliphatic heterocycles. The van der Waals surface area contributed by atoms with E-state index in [1.165, 1.54) is 5.56 Å². The van der Waals surface area contributed by atoms with Gasteiger partial charge < -0.3 is 10.6 Å². The quantitative estimate of drug-likeness (QED) is 0.602.